The van der Waals surface area contributed by atoms with Crippen LogP contribution in [0.3, 0.4) is 0 Å². The summed E-state index contributed by atoms with van der Waals surface area (Å²) >= 11 is -2.73. The largest absolute Gasteiger partial charge is 0.755 e. The molecule has 0 saturated carbocycles. The Morgan fingerprint density at radius 1 is 1.23 bits per heavy atom. The van der Waals surface area contributed by atoms with Gasteiger partial charge < -0.3 is 29.6 Å². The fourth-order valence-corrected chi connectivity index (χ4v) is 4.15. The van der Waals surface area contributed by atoms with Crippen molar-refractivity contribution in [3.63, 3.8) is 0 Å². The number of benzene rings is 2. The van der Waals surface area contributed by atoms with Crippen LogP contribution in [-0.4, -0.2) is 50.4 Å². The molecule has 0 radical (unpaired) electrons. The number of amides is 1. The van der Waals surface area contributed by atoms with Crippen LogP contribution in [0.1, 0.15) is 11.1 Å². The molecule has 0 saturated heterocycles. The number of nitrogens with one attached hydrogen (secondary N) is 1. The van der Waals surface area contributed by atoms with Gasteiger partial charge in [0.05, 0.1) is 50.5 Å². The maximum Gasteiger partial charge on any atom is 0.234 e. The number of nitrogens with two attached hydrogens (primary N) is 1. The van der Waals surface area contributed by atoms with Crippen LogP contribution >= 0.6 is 0 Å². The quantitative estimate of drug-likeness (QED) is 0.309. The van der Waals surface area contributed by atoms with Gasteiger partial charge in [0.15, 0.2) is 11.4 Å². The van der Waals surface area contributed by atoms with Gasteiger partial charge in [-0.25, -0.2) is 4.31 Å². The minimum atomic E-state index is -2.73. The first-order chi connectivity index (χ1) is 16.9. The van der Waals surface area contributed by atoms with E-state index in [0.29, 0.717) is 35.6 Å². The lowest BCUT2D eigenvalue weighted by molar-refractivity contribution is -0.119. The zero-order valence-corrected chi connectivity index (χ0v) is 19.8. The average Bonchev–Trinajstić information content (AvgIpc) is 3.49. The summed E-state index contributed by atoms with van der Waals surface area (Å²) in [5.74, 6) is 0.510. The van der Waals surface area contributed by atoms with Crippen molar-refractivity contribution in [1.82, 2.24) is 20.3 Å². The summed E-state index contributed by atoms with van der Waals surface area (Å²) in [7, 11) is 2.93. The van der Waals surface area contributed by atoms with Gasteiger partial charge in [-0.2, -0.15) is 5.10 Å². The number of carbonyl (C=O) groups is 1. The maximum absolute atomic E-state index is 12.2. The zero-order valence-electron chi connectivity index (χ0n) is 19.0. The van der Waals surface area contributed by atoms with Crippen LogP contribution in [0.5, 0.6) is 11.5 Å². The standard InChI is InChI=1S/C22H24N6O6S/c1-32-17-6-4-3-5-16(17)28(35(30)31)22-21-18(33-2)7-14(8-19(21)34-26-22)12-27-13-15(11-25-27)10-24-20(29)9-23/h3-8,11,13H,9-10,12,23H2,1-2H3,(H,24,29)(H,30,31)/p-1. The molecule has 0 aliphatic heterocycles. The molecule has 0 aliphatic carbocycles. The van der Waals surface area contributed by atoms with Crippen molar-refractivity contribution in [2.75, 3.05) is 25.1 Å². The number of hydrogen-bond donors (Lipinski definition) is 2. The number of rotatable bonds is 10. The average molecular weight is 500 g/mol. The number of ether oxygens (including phenoxy) is 2. The number of aromatic nitrogens is 3. The Kier molecular flexibility index (Phi) is 7.29. The molecule has 1 atom stereocenters. The van der Waals surface area contributed by atoms with Gasteiger partial charge in [-0.15, -0.1) is 0 Å². The molecule has 4 aromatic rings. The highest BCUT2D eigenvalue weighted by molar-refractivity contribution is 7.81. The Balaban J connectivity index is 1.67. The molecular weight excluding hydrogens is 476 g/mol. The molecule has 0 bridgehead atoms. The number of fused-ring (bicyclic) bond motifs is 1. The van der Waals surface area contributed by atoms with E-state index in [1.165, 1.54) is 14.2 Å². The molecule has 4 rings (SSSR count). The summed E-state index contributed by atoms with van der Waals surface area (Å²) in [5, 5.41) is 11.4. The highest BCUT2D eigenvalue weighted by Crippen LogP contribution is 2.41. The van der Waals surface area contributed by atoms with Crippen LogP contribution in [-0.2, 0) is 29.2 Å². The molecule has 2 aromatic heterocycles. The van der Waals surface area contributed by atoms with Gasteiger partial charge in [0.25, 0.3) is 0 Å². The second kappa shape index (κ2) is 10.5. The van der Waals surface area contributed by atoms with Crippen molar-refractivity contribution in [3.8, 4) is 11.5 Å². The molecule has 1 amide bonds. The van der Waals surface area contributed by atoms with E-state index >= 15 is 0 Å². The molecule has 0 aliphatic rings. The van der Waals surface area contributed by atoms with Crippen LogP contribution in [0.4, 0.5) is 11.5 Å². The van der Waals surface area contributed by atoms with Gasteiger partial charge in [0.2, 0.25) is 5.91 Å². The number of para-hydroxylation sites is 2. The Labute approximate surface area is 203 Å². The Morgan fingerprint density at radius 2 is 2.00 bits per heavy atom. The minimum absolute atomic E-state index is 0.0401. The molecule has 1 unspecified atom stereocenters. The van der Waals surface area contributed by atoms with E-state index < -0.39 is 11.3 Å². The van der Waals surface area contributed by atoms with Gasteiger partial charge >= 0.3 is 0 Å². The molecule has 2 aromatic carbocycles. The van der Waals surface area contributed by atoms with Gasteiger partial charge in [-0.3, -0.25) is 13.7 Å². The van der Waals surface area contributed by atoms with Gasteiger partial charge in [-0.05, 0) is 29.8 Å². The van der Waals surface area contributed by atoms with Crippen LogP contribution < -0.4 is 24.8 Å². The lowest BCUT2D eigenvalue weighted by Crippen LogP contribution is -2.29. The highest BCUT2D eigenvalue weighted by atomic mass is 32.2. The molecule has 13 heteroatoms. The Bertz CT molecular complexity index is 1370. The Hall–Kier alpha value is -3.94. The minimum Gasteiger partial charge on any atom is -0.755 e. The summed E-state index contributed by atoms with van der Waals surface area (Å²) < 4.78 is 43.5. The second-order valence-electron chi connectivity index (χ2n) is 7.39. The monoisotopic (exact) mass is 499 g/mol. The first-order valence-electron chi connectivity index (χ1n) is 10.4. The van der Waals surface area contributed by atoms with Crippen molar-refractivity contribution in [2.45, 2.75) is 13.1 Å². The summed E-state index contributed by atoms with van der Waals surface area (Å²) in [5.41, 5.74) is 7.50. The third kappa shape index (κ3) is 5.11. The van der Waals surface area contributed by atoms with Crippen LogP contribution in [0.2, 0.25) is 0 Å². The van der Waals surface area contributed by atoms with E-state index in [1.807, 2.05) is 0 Å². The summed E-state index contributed by atoms with van der Waals surface area (Å²) in [6.07, 6.45) is 3.44. The molecule has 3 N–H and O–H groups in total. The smallest absolute Gasteiger partial charge is 0.234 e. The van der Waals surface area contributed by atoms with Gasteiger partial charge in [0, 0.05) is 18.3 Å². The van der Waals surface area contributed by atoms with Crippen molar-refractivity contribution < 1.29 is 27.6 Å². The van der Waals surface area contributed by atoms with E-state index in [4.69, 9.17) is 19.7 Å². The molecule has 2 heterocycles. The first-order valence-corrected chi connectivity index (χ1v) is 11.4. The van der Waals surface area contributed by atoms with Crippen LogP contribution in [0.15, 0.2) is 53.3 Å². The van der Waals surface area contributed by atoms with Crippen LogP contribution in [0.25, 0.3) is 11.0 Å². The molecule has 184 valence electrons. The van der Waals surface area contributed by atoms with E-state index in [2.05, 4.69) is 15.6 Å². The lowest BCUT2D eigenvalue weighted by Gasteiger charge is -2.25. The molecule has 35 heavy (non-hydrogen) atoms. The second-order valence-corrected chi connectivity index (χ2v) is 8.19. The Morgan fingerprint density at radius 3 is 2.71 bits per heavy atom. The summed E-state index contributed by atoms with van der Waals surface area (Å²) in [4.78, 5) is 11.4. The zero-order chi connectivity index (χ0) is 24.9. The maximum atomic E-state index is 12.2. The fraction of sp³-hybridized carbons (Fsp3) is 0.227. The SMILES string of the molecule is COc1ccccc1N(c1noc2cc(Cn3cc(CNC(=O)CN)cn3)cc(OC)c12)S(=O)[O-]. The lowest BCUT2D eigenvalue weighted by atomic mass is 10.1. The van der Waals surface area contributed by atoms with Crippen molar-refractivity contribution in [2.24, 2.45) is 5.73 Å². The van der Waals surface area contributed by atoms with Crippen molar-refractivity contribution in [1.29, 1.82) is 0 Å². The van der Waals surface area contributed by atoms with E-state index in [-0.39, 0.29) is 24.0 Å². The first kappa shape index (κ1) is 24.2. The fourth-order valence-electron chi connectivity index (χ4n) is 3.57. The normalized spacial score (nSPS) is 11.9. The molecule has 0 spiro atoms. The van der Waals surface area contributed by atoms with E-state index in [1.54, 1.807) is 53.5 Å². The number of nitrogens with zero attached hydrogens (tertiary/aromatic N) is 4. The predicted octanol–water partition coefficient (Wildman–Crippen LogP) is 1.60. The molecule has 0 fully saturated rings. The molecular formula is C22H23N6O6S-. The van der Waals surface area contributed by atoms with Gasteiger partial charge in [0.1, 0.15) is 16.9 Å². The third-order valence-corrected chi connectivity index (χ3v) is 5.82. The number of carbonyl (C=O) groups excluding carboxylic acids is 1. The van der Waals surface area contributed by atoms with E-state index in [0.717, 1.165) is 15.4 Å². The number of hydrogen-bond acceptors (Lipinski definition) is 9. The van der Waals surface area contributed by atoms with Crippen molar-refractivity contribution >= 4 is 39.6 Å². The predicted molar refractivity (Wildman–Crippen MR) is 127 cm³/mol. The number of anilines is 2. The third-order valence-electron chi connectivity index (χ3n) is 5.15. The highest BCUT2D eigenvalue weighted by Gasteiger charge is 2.24. The summed E-state index contributed by atoms with van der Waals surface area (Å²) in [6, 6.07) is 10.2. The topological polar surface area (TPSA) is 161 Å². The van der Waals surface area contributed by atoms with Crippen LogP contribution in [0, 0.1) is 0 Å². The number of methoxy groups -OCH3 is 2. The van der Waals surface area contributed by atoms with E-state index in [9.17, 15) is 13.6 Å². The summed E-state index contributed by atoms with van der Waals surface area (Å²) in [6.45, 7) is 0.605. The van der Waals surface area contributed by atoms with Crippen molar-refractivity contribution in [3.05, 3.63) is 59.9 Å². The molecule has 12 nitrogen and oxygen atoms in total. The van der Waals surface area contributed by atoms with Gasteiger partial charge in [-0.1, -0.05) is 17.3 Å².